The van der Waals surface area contributed by atoms with Gasteiger partial charge in [0.1, 0.15) is 6.10 Å². The molecule has 0 heterocycles. The molecule has 0 bridgehead atoms. The van der Waals surface area contributed by atoms with Crippen molar-refractivity contribution in [3.05, 3.63) is 60.8 Å². The van der Waals surface area contributed by atoms with Gasteiger partial charge < -0.3 is 9.84 Å². The number of ether oxygens (including phenoxy) is 1. The SMILES string of the molecule is CC/C=C\C/C=C\C/C=C\C/C=C\CCCCCCCCCCC(=O)OC(/C=C\CCCCCCC)CCCCCCC(=O)O. The van der Waals surface area contributed by atoms with Crippen LogP contribution in [0.25, 0.3) is 0 Å². The second-order valence-electron chi connectivity index (χ2n) is 12.4. The first-order valence-electron chi connectivity index (χ1n) is 18.8. The predicted octanol–water partition coefficient (Wildman–Crippen LogP) is 12.9. The molecule has 0 aliphatic heterocycles. The van der Waals surface area contributed by atoms with Crippen molar-refractivity contribution in [2.75, 3.05) is 0 Å². The van der Waals surface area contributed by atoms with Crippen LogP contribution in [0.15, 0.2) is 60.8 Å². The summed E-state index contributed by atoms with van der Waals surface area (Å²) in [6.45, 7) is 4.40. The Morgan fingerprint density at radius 2 is 1.00 bits per heavy atom. The minimum Gasteiger partial charge on any atom is -0.481 e. The smallest absolute Gasteiger partial charge is 0.306 e. The number of carbonyl (C=O) groups excluding carboxylic acids is 1. The van der Waals surface area contributed by atoms with Crippen LogP contribution in [0.3, 0.4) is 0 Å². The Balaban J connectivity index is 3.91. The fourth-order valence-corrected chi connectivity index (χ4v) is 5.20. The number of aliphatic carboxylic acids is 1. The Labute approximate surface area is 278 Å². The molecule has 1 unspecified atom stereocenters. The van der Waals surface area contributed by atoms with E-state index in [1.807, 2.05) is 0 Å². The van der Waals surface area contributed by atoms with Gasteiger partial charge in [-0.3, -0.25) is 9.59 Å². The Kier molecular flexibility index (Phi) is 34.2. The summed E-state index contributed by atoms with van der Waals surface area (Å²) in [6.07, 6.45) is 49.7. The van der Waals surface area contributed by atoms with Crippen molar-refractivity contribution in [2.24, 2.45) is 0 Å². The summed E-state index contributed by atoms with van der Waals surface area (Å²) in [4.78, 5) is 23.2. The number of hydrogen-bond acceptors (Lipinski definition) is 3. The van der Waals surface area contributed by atoms with Crippen LogP contribution in [0.4, 0.5) is 0 Å². The molecule has 0 saturated carbocycles. The van der Waals surface area contributed by atoms with Gasteiger partial charge in [0.2, 0.25) is 0 Å². The van der Waals surface area contributed by atoms with Crippen molar-refractivity contribution >= 4 is 11.9 Å². The van der Waals surface area contributed by atoms with E-state index in [9.17, 15) is 9.59 Å². The highest BCUT2D eigenvalue weighted by Crippen LogP contribution is 2.15. The van der Waals surface area contributed by atoms with Gasteiger partial charge in [0, 0.05) is 12.8 Å². The predicted molar refractivity (Wildman–Crippen MR) is 195 cm³/mol. The molecular formula is C41H70O4. The van der Waals surface area contributed by atoms with Gasteiger partial charge in [-0.1, -0.05) is 146 Å². The molecule has 0 rings (SSSR count). The summed E-state index contributed by atoms with van der Waals surface area (Å²) in [5.74, 6) is -0.800. The number of unbranched alkanes of at least 4 members (excludes halogenated alkanes) is 16. The third-order valence-corrected chi connectivity index (χ3v) is 7.96. The second-order valence-corrected chi connectivity index (χ2v) is 12.4. The number of esters is 1. The highest BCUT2D eigenvalue weighted by molar-refractivity contribution is 5.69. The van der Waals surface area contributed by atoms with Crippen molar-refractivity contribution in [3.8, 4) is 0 Å². The van der Waals surface area contributed by atoms with Gasteiger partial charge in [0.25, 0.3) is 0 Å². The Morgan fingerprint density at radius 1 is 0.533 bits per heavy atom. The maximum Gasteiger partial charge on any atom is 0.306 e. The van der Waals surface area contributed by atoms with E-state index in [-0.39, 0.29) is 18.5 Å². The number of carbonyl (C=O) groups is 2. The van der Waals surface area contributed by atoms with Crippen LogP contribution in [0.1, 0.15) is 181 Å². The highest BCUT2D eigenvalue weighted by Gasteiger charge is 2.11. The Bertz CT molecular complexity index is 804. The van der Waals surface area contributed by atoms with E-state index in [0.717, 1.165) is 77.0 Å². The molecule has 45 heavy (non-hydrogen) atoms. The van der Waals surface area contributed by atoms with Crippen LogP contribution < -0.4 is 0 Å². The van der Waals surface area contributed by atoms with E-state index in [4.69, 9.17) is 9.84 Å². The van der Waals surface area contributed by atoms with Crippen LogP contribution in [0.2, 0.25) is 0 Å². The molecule has 0 radical (unpaired) electrons. The zero-order valence-electron chi connectivity index (χ0n) is 29.4. The molecular weight excluding hydrogens is 556 g/mol. The maximum absolute atomic E-state index is 12.5. The topological polar surface area (TPSA) is 63.6 Å². The van der Waals surface area contributed by atoms with E-state index < -0.39 is 5.97 Å². The van der Waals surface area contributed by atoms with Crippen LogP contribution in [-0.4, -0.2) is 23.1 Å². The first kappa shape index (κ1) is 42.6. The third-order valence-electron chi connectivity index (χ3n) is 7.96. The fraction of sp³-hybridized carbons (Fsp3) is 0.707. The zero-order valence-corrected chi connectivity index (χ0v) is 29.4. The van der Waals surface area contributed by atoms with Crippen LogP contribution in [0.5, 0.6) is 0 Å². The largest absolute Gasteiger partial charge is 0.481 e. The zero-order chi connectivity index (χ0) is 32.9. The Hall–Kier alpha value is -2.36. The summed E-state index contributed by atoms with van der Waals surface area (Å²) in [5, 5.41) is 8.81. The van der Waals surface area contributed by atoms with Crippen molar-refractivity contribution < 1.29 is 19.4 Å². The number of allylic oxidation sites excluding steroid dienone is 9. The lowest BCUT2D eigenvalue weighted by Gasteiger charge is -2.15. The molecule has 0 aliphatic rings. The molecule has 1 N–H and O–H groups in total. The lowest BCUT2D eigenvalue weighted by molar-refractivity contribution is -0.147. The van der Waals surface area contributed by atoms with Crippen LogP contribution >= 0.6 is 0 Å². The normalized spacial score (nSPS) is 12.9. The number of hydrogen-bond donors (Lipinski definition) is 1. The van der Waals surface area contributed by atoms with Gasteiger partial charge in [0.05, 0.1) is 0 Å². The average Bonchev–Trinajstić information content (AvgIpc) is 3.02. The average molecular weight is 627 g/mol. The fourth-order valence-electron chi connectivity index (χ4n) is 5.20. The van der Waals surface area contributed by atoms with E-state index >= 15 is 0 Å². The van der Waals surface area contributed by atoms with Crippen molar-refractivity contribution in [1.29, 1.82) is 0 Å². The van der Waals surface area contributed by atoms with Gasteiger partial charge in [-0.05, 0) is 83.1 Å². The summed E-state index contributed by atoms with van der Waals surface area (Å²) in [5.41, 5.74) is 0. The first-order valence-corrected chi connectivity index (χ1v) is 18.8. The summed E-state index contributed by atoms with van der Waals surface area (Å²) >= 11 is 0. The van der Waals surface area contributed by atoms with Gasteiger partial charge in [-0.15, -0.1) is 0 Å². The monoisotopic (exact) mass is 627 g/mol. The molecule has 0 saturated heterocycles. The third kappa shape index (κ3) is 36.0. The second kappa shape index (κ2) is 36.1. The molecule has 4 heteroatoms. The molecule has 0 aromatic heterocycles. The standard InChI is InChI=1S/C41H70O4/c1-3-5-7-9-11-12-13-14-15-16-17-18-19-20-21-22-23-24-26-28-34-38-41(44)45-39(35-31-27-25-10-8-6-4-2)36-32-29-30-33-37-40(42)43/h5,7,11-12,14-15,17-18,31,35,39H,3-4,6,8-10,13,16,19-30,32-34,36-38H2,1-2H3,(H,42,43)/b7-5-,12-11-,15-14-,18-17-,35-31-. The van der Waals surface area contributed by atoms with E-state index in [0.29, 0.717) is 6.42 Å². The summed E-state index contributed by atoms with van der Waals surface area (Å²) < 4.78 is 5.85. The molecule has 0 aromatic rings. The number of carboxylic acids is 1. The summed E-state index contributed by atoms with van der Waals surface area (Å²) in [6, 6.07) is 0. The van der Waals surface area contributed by atoms with E-state index in [1.54, 1.807) is 0 Å². The van der Waals surface area contributed by atoms with Crippen molar-refractivity contribution in [3.63, 3.8) is 0 Å². The molecule has 4 nitrogen and oxygen atoms in total. The van der Waals surface area contributed by atoms with Gasteiger partial charge in [0.15, 0.2) is 0 Å². The van der Waals surface area contributed by atoms with Gasteiger partial charge >= 0.3 is 11.9 Å². The van der Waals surface area contributed by atoms with Crippen LogP contribution in [0, 0.1) is 0 Å². The van der Waals surface area contributed by atoms with Crippen LogP contribution in [-0.2, 0) is 14.3 Å². The molecule has 0 spiro atoms. The maximum atomic E-state index is 12.5. The lowest BCUT2D eigenvalue weighted by atomic mass is 10.1. The highest BCUT2D eigenvalue weighted by atomic mass is 16.5. The molecule has 0 amide bonds. The van der Waals surface area contributed by atoms with Crippen molar-refractivity contribution in [1.82, 2.24) is 0 Å². The first-order chi connectivity index (χ1) is 22.1. The molecule has 0 aliphatic carbocycles. The quantitative estimate of drug-likeness (QED) is 0.0447. The lowest BCUT2D eigenvalue weighted by Crippen LogP contribution is -2.16. The number of carboxylic acid groups (broad SMARTS) is 1. The molecule has 0 fully saturated rings. The van der Waals surface area contributed by atoms with E-state index in [2.05, 4.69) is 74.6 Å². The molecule has 258 valence electrons. The minimum atomic E-state index is -0.725. The summed E-state index contributed by atoms with van der Waals surface area (Å²) in [7, 11) is 0. The number of rotatable bonds is 33. The molecule has 0 aromatic carbocycles. The van der Waals surface area contributed by atoms with Gasteiger partial charge in [-0.25, -0.2) is 0 Å². The van der Waals surface area contributed by atoms with Crippen molar-refractivity contribution in [2.45, 2.75) is 187 Å². The minimum absolute atomic E-state index is 0.0747. The van der Waals surface area contributed by atoms with E-state index in [1.165, 1.54) is 77.0 Å². The Morgan fingerprint density at radius 3 is 1.58 bits per heavy atom. The van der Waals surface area contributed by atoms with Gasteiger partial charge in [-0.2, -0.15) is 0 Å². The molecule has 1 atom stereocenters.